The lowest BCUT2D eigenvalue weighted by Gasteiger charge is -2.28. The number of para-hydroxylation sites is 1. The summed E-state index contributed by atoms with van der Waals surface area (Å²) in [7, 11) is -1.99. The van der Waals surface area contributed by atoms with Gasteiger partial charge in [-0.05, 0) is 37.8 Å². The molecule has 2 N–H and O–H groups in total. The molecule has 1 saturated carbocycles. The van der Waals surface area contributed by atoms with Gasteiger partial charge in [0.15, 0.2) is 5.65 Å². The van der Waals surface area contributed by atoms with Crippen molar-refractivity contribution in [1.82, 2.24) is 19.9 Å². The highest BCUT2D eigenvalue weighted by Crippen LogP contribution is 2.36. The average molecular weight is 445 g/mol. The third-order valence-electron chi connectivity index (χ3n) is 5.36. The Balaban J connectivity index is 1.70. The first-order valence-corrected chi connectivity index (χ1v) is 11.9. The molecule has 2 aromatic heterocycles. The Morgan fingerprint density at radius 1 is 1.13 bits per heavy atom. The van der Waals surface area contributed by atoms with Crippen molar-refractivity contribution in [2.45, 2.75) is 37.9 Å². The predicted octanol–water partition coefficient (Wildman–Crippen LogP) is 2.65. The molecule has 4 rings (SSSR count). The van der Waals surface area contributed by atoms with E-state index in [0.717, 1.165) is 37.5 Å². The molecule has 1 fully saturated rings. The van der Waals surface area contributed by atoms with Crippen molar-refractivity contribution in [1.29, 1.82) is 0 Å². The number of hydrogen-bond donors (Lipinski definition) is 2. The van der Waals surface area contributed by atoms with Crippen LogP contribution in [0.25, 0.3) is 22.2 Å². The summed E-state index contributed by atoms with van der Waals surface area (Å²) in [6, 6.07) is 9.12. The summed E-state index contributed by atoms with van der Waals surface area (Å²) in [6.45, 7) is 0. The van der Waals surface area contributed by atoms with Crippen LogP contribution in [0.1, 0.15) is 36.2 Å². The third kappa shape index (κ3) is 4.86. The van der Waals surface area contributed by atoms with Gasteiger partial charge in [0.25, 0.3) is 5.91 Å². The monoisotopic (exact) mass is 444 g/mol. The van der Waals surface area contributed by atoms with Crippen molar-refractivity contribution in [2.75, 3.05) is 13.4 Å². The van der Waals surface area contributed by atoms with Gasteiger partial charge in [0.1, 0.15) is 11.4 Å². The molecule has 1 aromatic carbocycles. The highest BCUT2D eigenvalue weighted by Gasteiger charge is 2.24. The number of carbonyl (C=O) groups excluding carboxylic acids is 1. The third-order valence-corrected chi connectivity index (χ3v) is 5.92. The standard InChI is InChI=1S/C21H24N4O5S/c1-29-13-7-9-14(10-8-13)30-19-6-4-3-5-15(19)16-11-18(21(26)25-31(2,27)28)23-20-17(16)12-22-24-20/h3-6,11-14H,7-10H2,1-2H3,(H,25,26)(H,22,23,24). The number of fused-ring (bicyclic) bond motifs is 1. The van der Waals surface area contributed by atoms with Crippen LogP contribution in [0.5, 0.6) is 5.75 Å². The molecule has 0 atom stereocenters. The number of aromatic nitrogens is 3. The van der Waals surface area contributed by atoms with Gasteiger partial charge in [-0.2, -0.15) is 5.10 Å². The number of aromatic amines is 1. The summed E-state index contributed by atoms with van der Waals surface area (Å²) < 4.78 is 36.7. The van der Waals surface area contributed by atoms with Gasteiger partial charge in [0, 0.05) is 23.6 Å². The lowest BCUT2D eigenvalue weighted by Crippen LogP contribution is -2.30. The Morgan fingerprint density at radius 2 is 1.84 bits per heavy atom. The largest absolute Gasteiger partial charge is 0.490 e. The Hall–Kier alpha value is -2.98. The van der Waals surface area contributed by atoms with E-state index in [-0.39, 0.29) is 17.9 Å². The second-order valence-electron chi connectivity index (χ2n) is 7.64. The van der Waals surface area contributed by atoms with Crippen molar-refractivity contribution in [3.05, 3.63) is 42.2 Å². The fourth-order valence-corrected chi connectivity index (χ4v) is 4.29. The van der Waals surface area contributed by atoms with Crippen LogP contribution >= 0.6 is 0 Å². The summed E-state index contributed by atoms with van der Waals surface area (Å²) in [6.07, 6.45) is 6.57. The minimum absolute atomic E-state index is 0.0346. The van der Waals surface area contributed by atoms with E-state index < -0.39 is 15.9 Å². The fourth-order valence-electron chi connectivity index (χ4n) is 3.85. The Kier molecular flexibility index (Phi) is 5.92. The first kappa shape index (κ1) is 21.3. The van der Waals surface area contributed by atoms with Crippen LogP contribution in [0.3, 0.4) is 0 Å². The molecule has 3 aromatic rings. The van der Waals surface area contributed by atoms with Crippen molar-refractivity contribution >= 4 is 27.0 Å². The molecule has 10 heteroatoms. The van der Waals surface area contributed by atoms with E-state index in [1.165, 1.54) is 0 Å². The van der Waals surface area contributed by atoms with Gasteiger partial charge in [-0.25, -0.2) is 18.1 Å². The number of nitrogens with one attached hydrogen (secondary N) is 2. The smallest absolute Gasteiger partial charge is 0.283 e. The number of pyridine rings is 1. The fraction of sp³-hybridized carbons (Fsp3) is 0.381. The van der Waals surface area contributed by atoms with E-state index in [1.54, 1.807) is 19.4 Å². The molecule has 0 radical (unpaired) electrons. The topological polar surface area (TPSA) is 123 Å². The number of methoxy groups -OCH3 is 1. The Labute approximate surface area is 180 Å². The normalized spacial score (nSPS) is 19.3. The quantitative estimate of drug-likeness (QED) is 0.599. The number of H-pyrrole nitrogens is 1. The molecule has 31 heavy (non-hydrogen) atoms. The van der Waals surface area contributed by atoms with E-state index in [0.29, 0.717) is 22.3 Å². The molecule has 0 bridgehead atoms. The number of nitrogens with zero attached hydrogens (tertiary/aromatic N) is 2. The number of rotatable bonds is 6. The van der Waals surface area contributed by atoms with Crippen LogP contribution in [0.4, 0.5) is 0 Å². The van der Waals surface area contributed by atoms with Crippen molar-refractivity contribution < 1.29 is 22.7 Å². The molecule has 0 spiro atoms. The first-order valence-electron chi connectivity index (χ1n) is 9.99. The number of hydrogen-bond acceptors (Lipinski definition) is 7. The highest BCUT2D eigenvalue weighted by atomic mass is 32.2. The maximum absolute atomic E-state index is 12.4. The van der Waals surface area contributed by atoms with Crippen LogP contribution in [0.15, 0.2) is 36.5 Å². The number of amides is 1. The van der Waals surface area contributed by atoms with Crippen molar-refractivity contribution in [3.63, 3.8) is 0 Å². The van der Waals surface area contributed by atoms with Gasteiger partial charge in [-0.1, -0.05) is 18.2 Å². The second-order valence-corrected chi connectivity index (χ2v) is 9.39. The number of sulfonamides is 1. The highest BCUT2D eigenvalue weighted by molar-refractivity contribution is 7.89. The van der Waals surface area contributed by atoms with Crippen LogP contribution in [-0.4, -0.2) is 55.1 Å². The van der Waals surface area contributed by atoms with E-state index >= 15 is 0 Å². The molecule has 1 aliphatic carbocycles. The molecule has 0 saturated heterocycles. The SMILES string of the molecule is COC1CCC(Oc2ccccc2-c2cc(C(=O)NS(C)(=O)=O)nc3[nH]ncc23)CC1. The minimum atomic E-state index is -3.72. The summed E-state index contributed by atoms with van der Waals surface area (Å²) in [5.74, 6) is -0.122. The Morgan fingerprint density at radius 3 is 2.55 bits per heavy atom. The van der Waals surface area contributed by atoms with E-state index in [2.05, 4.69) is 15.2 Å². The molecule has 0 aliphatic heterocycles. The predicted molar refractivity (Wildman–Crippen MR) is 115 cm³/mol. The maximum Gasteiger partial charge on any atom is 0.283 e. The van der Waals surface area contributed by atoms with Gasteiger partial charge in [0.2, 0.25) is 10.0 Å². The zero-order valence-corrected chi connectivity index (χ0v) is 18.1. The minimum Gasteiger partial charge on any atom is -0.490 e. The van der Waals surface area contributed by atoms with Crippen LogP contribution < -0.4 is 9.46 Å². The number of ether oxygens (including phenoxy) is 2. The molecule has 1 aliphatic rings. The van der Waals surface area contributed by atoms with Gasteiger partial charge < -0.3 is 9.47 Å². The zero-order valence-electron chi connectivity index (χ0n) is 17.3. The average Bonchev–Trinajstić information content (AvgIpc) is 3.22. The van der Waals surface area contributed by atoms with E-state index in [9.17, 15) is 13.2 Å². The molecule has 9 nitrogen and oxygen atoms in total. The molecule has 0 unspecified atom stereocenters. The van der Waals surface area contributed by atoms with Gasteiger partial charge in [0.05, 0.1) is 24.7 Å². The Bertz CT molecular complexity index is 1200. The maximum atomic E-state index is 12.4. The van der Waals surface area contributed by atoms with Gasteiger partial charge in [-0.3, -0.25) is 9.89 Å². The number of carbonyl (C=O) groups is 1. The first-order chi connectivity index (χ1) is 14.8. The molecular formula is C21H24N4O5S. The zero-order chi connectivity index (χ0) is 22.0. The summed E-state index contributed by atoms with van der Waals surface area (Å²) in [5, 5.41) is 7.49. The second kappa shape index (κ2) is 8.64. The molecule has 2 heterocycles. The summed E-state index contributed by atoms with van der Waals surface area (Å²) in [5.41, 5.74) is 1.80. The molecule has 164 valence electrons. The summed E-state index contributed by atoms with van der Waals surface area (Å²) in [4.78, 5) is 16.7. The van der Waals surface area contributed by atoms with Crippen LogP contribution in [-0.2, 0) is 14.8 Å². The van der Waals surface area contributed by atoms with Crippen LogP contribution in [0, 0.1) is 0 Å². The lowest BCUT2D eigenvalue weighted by molar-refractivity contribution is 0.0329. The van der Waals surface area contributed by atoms with E-state index in [1.807, 2.05) is 29.0 Å². The lowest BCUT2D eigenvalue weighted by atomic mass is 9.94. The van der Waals surface area contributed by atoms with Gasteiger partial charge in [-0.15, -0.1) is 0 Å². The summed E-state index contributed by atoms with van der Waals surface area (Å²) >= 11 is 0. The van der Waals surface area contributed by atoms with Crippen molar-refractivity contribution in [2.24, 2.45) is 0 Å². The van der Waals surface area contributed by atoms with E-state index in [4.69, 9.17) is 9.47 Å². The number of benzene rings is 1. The van der Waals surface area contributed by atoms with Crippen molar-refractivity contribution in [3.8, 4) is 16.9 Å². The molecular weight excluding hydrogens is 420 g/mol. The van der Waals surface area contributed by atoms with Gasteiger partial charge >= 0.3 is 0 Å². The van der Waals surface area contributed by atoms with Crippen LogP contribution in [0.2, 0.25) is 0 Å². The molecule has 1 amide bonds.